The first-order chi connectivity index (χ1) is 22.7. The van der Waals surface area contributed by atoms with Crippen molar-refractivity contribution in [1.82, 2.24) is 24.2 Å². The number of pyridine rings is 1. The Morgan fingerprint density at radius 2 is 1.72 bits per heavy atom. The van der Waals surface area contributed by atoms with Crippen LogP contribution in [0.5, 0.6) is 0 Å². The molecule has 244 valence electrons. The third-order valence-electron chi connectivity index (χ3n) is 9.51. The van der Waals surface area contributed by atoms with E-state index in [1.807, 2.05) is 23.5 Å². The fraction of sp³-hybridized carbons (Fsp3) is 0.361. The van der Waals surface area contributed by atoms with Crippen LogP contribution < -0.4 is 0 Å². The van der Waals surface area contributed by atoms with Crippen molar-refractivity contribution >= 4 is 22.9 Å². The average molecular weight is 658 g/mol. The molecule has 1 amide bonds. The number of likely N-dealkylation sites (tertiary alicyclic amines) is 2. The highest BCUT2D eigenvalue weighted by Gasteiger charge is 2.31. The number of aromatic nitrogens is 3. The summed E-state index contributed by atoms with van der Waals surface area (Å²) >= 11 is 1.30. The molecule has 0 atom stereocenters. The van der Waals surface area contributed by atoms with Crippen molar-refractivity contribution in [2.75, 3.05) is 32.7 Å². The van der Waals surface area contributed by atoms with E-state index in [-0.39, 0.29) is 24.1 Å². The van der Waals surface area contributed by atoms with Gasteiger partial charge in [0.2, 0.25) is 5.91 Å². The summed E-state index contributed by atoms with van der Waals surface area (Å²) in [6.07, 6.45) is 4.17. The van der Waals surface area contributed by atoms with E-state index in [1.54, 1.807) is 30.0 Å². The number of aryl methyl sites for hydroxylation is 1. The number of nitrogens with zero attached hydrogens (tertiary/aromatic N) is 5. The number of aliphatic hydroxyl groups excluding tert-OH is 2. The first-order valence-electron chi connectivity index (χ1n) is 16.1. The van der Waals surface area contributed by atoms with E-state index in [4.69, 9.17) is 9.97 Å². The van der Waals surface area contributed by atoms with Crippen molar-refractivity contribution in [2.45, 2.75) is 51.7 Å². The highest BCUT2D eigenvalue weighted by Crippen LogP contribution is 2.39. The van der Waals surface area contributed by atoms with Gasteiger partial charge in [-0.05, 0) is 92.7 Å². The van der Waals surface area contributed by atoms with Gasteiger partial charge in [0.05, 0.1) is 41.2 Å². The molecule has 5 aromatic rings. The maximum absolute atomic E-state index is 16.4. The lowest BCUT2D eigenvalue weighted by Crippen LogP contribution is -2.56. The molecule has 8 nitrogen and oxygen atoms in total. The number of amides is 1. The number of β-amino-alcohol motifs (C(OH)–C–C–N with tert-alkyl or cyclic N) is 1. The van der Waals surface area contributed by atoms with Crippen molar-refractivity contribution < 1.29 is 23.8 Å². The Kier molecular flexibility index (Phi) is 8.65. The molecule has 3 aromatic heterocycles. The van der Waals surface area contributed by atoms with Gasteiger partial charge in [0, 0.05) is 36.0 Å². The second kappa shape index (κ2) is 12.9. The summed E-state index contributed by atoms with van der Waals surface area (Å²) in [4.78, 5) is 26.6. The molecule has 7 rings (SSSR count). The van der Waals surface area contributed by atoms with Crippen LogP contribution in [0, 0.1) is 18.6 Å². The van der Waals surface area contributed by atoms with E-state index in [1.165, 1.54) is 23.5 Å². The standard InChI is InChI=1S/C36H37F2N5O3S/c1-3-29-35(28-10-9-27(21(2)33(28)38)36-40-34(30(20-44)47-36)23-4-7-25(37)8-5-23)43-16-24(6-11-31(43)39-29)22-12-14-41(15-13-22)19-32(46)42-17-26(45)18-42/h4-11,16,22,26,44-45H,3,12-15,17-20H2,1-2H3. The second-order valence-corrected chi connectivity index (χ2v) is 13.6. The number of hydrogen-bond donors (Lipinski definition) is 2. The van der Waals surface area contributed by atoms with Gasteiger partial charge >= 0.3 is 0 Å². The number of carbonyl (C=O) groups excluding carboxylic acids is 1. The lowest BCUT2D eigenvalue weighted by atomic mass is 9.90. The molecule has 47 heavy (non-hydrogen) atoms. The first-order valence-corrected chi connectivity index (χ1v) is 16.9. The van der Waals surface area contributed by atoms with E-state index >= 15 is 4.39 Å². The van der Waals surface area contributed by atoms with Crippen LogP contribution in [0.2, 0.25) is 0 Å². The van der Waals surface area contributed by atoms with Gasteiger partial charge in [-0.2, -0.15) is 0 Å². The molecule has 0 unspecified atom stereocenters. The summed E-state index contributed by atoms with van der Waals surface area (Å²) in [5.74, 6) is -0.313. The number of halogens is 2. The van der Waals surface area contributed by atoms with Crippen molar-refractivity contribution in [2.24, 2.45) is 0 Å². The Labute approximate surface area is 275 Å². The summed E-state index contributed by atoms with van der Waals surface area (Å²) in [5, 5.41) is 20.1. The average Bonchev–Trinajstić information content (AvgIpc) is 3.66. The van der Waals surface area contributed by atoms with Crippen molar-refractivity contribution in [3.63, 3.8) is 0 Å². The Morgan fingerprint density at radius 3 is 2.40 bits per heavy atom. The number of rotatable bonds is 8. The van der Waals surface area contributed by atoms with Gasteiger partial charge in [-0.25, -0.2) is 18.7 Å². The molecular weight excluding hydrogens is 620 g/mol. The van der Waals surface area contributed by atoms with Gasteiger partial charge in [-0.3, -0.25) is 14.1 Å². The first kappa shape index (κ1) is 31.6. The molecule has 0 aliphatic carbocycles. The third kappa shape index (κ3) is 5.97. The van der Waals surface area contributed by atoms with Gasteiger partial charge in [0.15, 0.2) is 0 Å². The summed E-state index contributed by atoms with van der Waals surface area (Å²) in [5.41, 5.74) is 6.29. The Morgan fingerprint density at radius 1 is 1.00 bits per heavy atom. The van der Waals surface area contributed by atoms with Crippen molar-refractivity contribution in [3.05, 3.63) is 88.1 Å². The van der Waals surface area contributed by atoms with Crippen LogP contribution in [0.4, 0.5) is 8.78 Å². The lowest BCUT2D eigenvalue weighted by molar-refractivity contribution is -0.142. The number of aliphatic hydroxyl groups is 2. The maximum atomic E-state index is 16.4. The van der Waals surface area contributed by atoms with Gasteiger partial charge in [-0.1, -0.05) is 19.1 Å². The highest BCUT2D eigenvalue weighted by atomic mass is 32.1. The Balaban J connectivity index is 1.16. The third-order valence-corrected chi connectivity index (χ3v) is 10.6. The molecule has 0 spiro atoms. The van der Waals surface area contributed by atoms with E-state index < -0.39 is 6.10 Å². The zero-order valence-corrected chi connectivity index (χ0v) is 27.2. The zero-order chi connectivity index (χ0) is 32.8. The van der Waals surface area contributed by atoms with E-state index in [2.05, 4.69) is 17.2 Å². The summed E-state index contributed by atoms with van der Waals surface area (Å²) in [6, 6.07) is 13.8. The number of fused-ring (bicyclic) bond motifs is 1. The molecule has 0 saturated carbocycles. The topological polar surface area (TPSA) is 94.2 Å². The molecule has 0 bridgehead atoms. The Hall–Kier alpha value is -4.03. The summed E-state index contributed by atoms with van der Waals surface area (Å²) in [6.45, 7) is 6.41. The molecular formula is C36H37F2N5O3S. The number of piperidine rings is 1. The van der Waals surface area contributed by atoms with E-state index in [9.17, 15) is 19.4 Å². The van der Waals surface area contributed by atoms with Crippen LogP contribution in [0.3, 0.4) is 0 Å². The van der Waals surface area contributed by atoms with Crippen LogP contribution in [0.1, 0.15) is 47.4 Å². The number of imidazole rings is 1. The van der Waals surface area contributed by atoms with Crippen molar-refractivity contribution in [3.8, 4) is 33.1 Å². The minimum Gasteiger partial charge on any atom is -0.391 e. The number of thiazole rings is 1. The quantitative estimate of drug-likeness (QED) is 0.219. The number of hydrogen-bond acceptors (Lipinski definition) is 7. The molecule has 2 saturated heterocycles. The fourth-order valence-corrected chi connectivity index (χ4v) is 7.79. The van der Waals surface area contributed by atoms with Gasteiger partial charge in [0.1, 0.15) is 22.3 Å². The molecule has 5 heterocycles. The maximum Gasteiger partial charge on any atom is 0.236 e. The normalized spacial score (nSPS) is 16.3. The molecule has 0 radical (unpaired) electrons. The van der Waals surface area contributed by atoms with Crippen LogP contribution in [0.15, 0.2) is 54.7 Å². The van der Waals surface area contributed by atoms with E-state index in [0.717, 1.165) is 48.5 Å². The summed E-state index contributed by atoms with van der Waals surface area (Å²) < 4.78 is 32.0. The molecule has 2 aliphatic heterocycles. The van der Waals surface area contributed by atoms with Crippen molar-refractivity contribution in [1.29, 1.82) is 0 Å². The summed E-state index contributed by atoms with van der Waals surface area (Å²) in [7, 11) is 0. The highest BCUT2D eigenvalue weighted by molar-refractivity contribution is 7.15. The number of benzene rings is 2. The number of carbonyl (C=O) groups is 1. The minimum absolute atomic E-state index is 0.0747. The van der Waals surface area contributed by atoms with Gasteiger partial charge in [-0.15, -0.1) is 11.3 Å². The molecule has 2 aromatic carbocycles. The predicted octanol–water partition coefficient (Wildman–Crippen LogP) is 5.82. The van der Waals surface area contributed by atoms with Crippen LogP contribution in [-0.4, -0.2) is 79.1 Å². The van der Waals surface area contributed by atoms with Crippen LogP contribution in [-0.2, 0) is 17.8 Å². The minimum atomic E-state index is -0.392. The lowest BCUT2D eigenvalue weighted by Gasteiger charge is -2.38. The van der Waals surface area contributed by atoms with Crippen LogP contribution >= 0.6 is 11.3 Å². The van der Waals surface area contributed by atoms with Gasteiger partial charge < -0.3 is 15.1 Å². The van der Waals surface area contributed by atoms with Gasteiger partial charge in [0.25, 0.3) is 0 Å². The zero-order valence-electron chi connectivity index (χ0n) is 26.4. The molecule has 11 heteroatoms. The van der Waals surface area contributed by atoms with E-state index in [0.29, 0.717) is 69.8 Å². The van der Waals surface area contributed by atoms with Crippen LogP contribution in [0.25, 0.3) is 38.7 Å². The molecule has 2 N–H and O–H groups in total. The smallest absolute Gasteiger partial charge is 0.236 e. The molecule has 2 fully saturated rings. The molecule has 2 aliphatic rings. The monoisotopic (exact) mass is 657 g/mol. The largest absolute Gasteiger partial charge is 0.391 e. The predicted molar refractivity (Wildman–Crippen MR) is 178 cm³/mol. The SMILES string of the molecule is CCc1nc2ccc(C3CCN(CC(=O)N4CC(O)C4)CC3)cn2c1-c1ccc(-c2nc(-c3ccc(F)cc3)c(CO)s2)c(C)c1F. The Bertz CT molecular complexity index is 1940. The fourth-order valence-electron chi connectivity index (χ4n) is 6.76. The second-order valence-electron chi connectivity index (χ2n) is 12.5.